The zero-order valence-electron chi connectivity index (χ0n) is 17.5. The Balaban J connectivity index is 1.27. The van der Waals surface area contributed by atoms with Crippen LogP contribution in [0.5, 0.6) is 0 Å². The van der Waals surface area contributed by atoms with Crippen LogP contribution in [0.4, 0.5) is 5.82 Å². The molecule has 1 saturated heterocycles. The van der Waals surface area contributed by atoms with Crippen LogP contribution in [0.1, 0.15) is 42.6 Å². The molecule has 1 aliphatic heterocycles. The molecule has 2 amide bonds. The van der Waals surface area contributed by atoms with E-state index in [1.54, 1.807) is 13.0 Å². The van der Waals surface area contributed by atoms with Gasteiger partial charge in [0.15, 0.2) is 0 Å². The maximum atomic E-state index is 12.7. The molecule has 1 aliphatic carbocycles. The van der Waals surface area contributed by atoms with Crippen LogP contribution in [-0.4, -0.2) is 35.4 Å². The minimum Gasteiger partial charge on any atom is -0.384 e. The first-order valence-electron chi connectivity index (χ1n) is 10.7. The molecule has 1 aromatic heterocycles. The van der Waals surface area contributed by atoms with E-state index in [0.717, 1.165) is 47.7 Å². The number of nitrogens with zero attached hydrogens (tertiary/aromatic N) is 1. The number of pyridine rings is 1. The Morgan fingerprint density at radius 1 is 1.29 bits per heavy atom. The lowest BCUT2D eigenvalue weighted by Crippen LogP contribution is -2.50. The van der Waals surface area contributed by atoms with Gasteiger partial charge in [0.05, 0.1) is 12.1 Å². The fourth-order valence-electron chi connectivity index (χ4n) is 4.45. The summed E-state index contributed by atoms with van der Waals surface area (Å²) in [5, 5.41) is 9.91. The number of hydrogen-bond donors (Lipinski definition) is 4. The molecule has 31 heavy (non-hydrogen) atoms. The predicted octanol–water partition coefficient (Wildman–Crippen LogP) is 2.15. The number of rotatable bonds is 6. The largest absolute Gasteiger partial charge is 0.384 e. The Kier molecular flexibility index (Phi) is 6.43. The highest BCUT2D eigenvalue weighted by molar-refractivity contribution is 6.31. The summed E-state index contributed by atoms with van der Waals surface area (Å²) in [7, 11) is 0. The van der Waals surface area contributed by atoms with Crippen molar-refractivity contribution in [1.82, 2.24) is 20.9 Å². The van der Waals surface area contributed by atoms with Gasteiger partial charge in [0.25, 0.3) is 0 Å². The maximum absolute atomic E-state index is 12.7. The summed E-state index contributed by atoms with van der Waals surface area (Å²) in [6, 6.07) is 10.4. The van der Waals surface area contributed by atoms with Crippen LogP contribution < -0.4 is 21.7 Å². The molecule has 0 radical (unpaired) electrons. The Bertz CT molecular complexity index is 982. The maximum Gasteiger partial charge on any atom is 0.242 e. The number of aryl methyl sites for hydroxylation is 1. The van der Waals surface area contributed by atoms with Crippen molar-refractivity contribution < 1.29 is 9.59 Å². The summed E-state index contributed by atoms with van der Waals surface area (Å²) >= 11 is 6.26. The van der Waals surface area contributed by atoms with Crippen LogP contribution in [0.3, 0.4) is 0 Å². The third-order valence-electron chi connectivity index (χ3n) is 6.15. The number of nitrogen functional groups attached to an aromatic ring is 1. The molecular weight excluding hydrogens is 414 g/mol. The number of hydrogen-bond acceptors (Lipinski definition) is 5. The summed E-state index contributed by atoms with van der Waals surface area (Å²) in [5.41, 5.74) is 8.77. The first-order valence-corrected chi connectivity index (χ1v) is 11.1. The van der Waals surface area contributed by atoms with Gasteiger partial charge in [0.1, 0.15) is 11.9 Å². The fraction of sp³-hybridized carbons (Fsp3) is 0.435. The topological polar surface area (TPSA) is 109 Å². The summed E-state index contributed by atoms with van der Waals surface area (Å²) in [5.74, 6) is 0.470. The second kappa shape index (κ2) is 9.24. The Morgan fingerprint density at radius 3 is 2.90 bits per heavy atom. The summed E-state index contributed by atoms with van der Waals surface area (Å²) < 4.78 is 0. The average molecular weight is 442 g/mol. The van der Waals surface area contributed by atoms with Crippen molar-refractivity contribution >= 4 is 29.2 Å². The molecule has 4 rings (SSSR count). The lowest BCUT2D eigenvalue weighted by atomic mass is 9.96. The van der Waals surface area contributed by atoms with Gasteiger partial charge < -0.3 is 21.7 Å². The zero-order chi connectivity index (χ0) is 22.0. The van der Waals surface area contributed by atoms with Gasteiger partial charge in [-0.25, -0.2) is 4.98 Å². The molecule has 0 unspecified atom stereocenters. The van der Waals surface area contributed by atoms with Crippen LogP contribution in [-0.2, 0) is 22.4 Å². The third-order valence-corrected chi connectivity index (χ3v) is 6.52. The minimum atomic E-state index is -0.622. The number of nitrogens with one attached hydrogen (secondary N) is 3. The highest BCUT2D eigenvalue weighted by Gasteiger charge is 2.32. The average Bonchev–Trinajstić information content (AvgIpc) is 3.36. The summed E-state index contributed by atoms with van der Waals surface area (Å²) in [6.07, 6.45) is 3.11. The lowest BCUT2D eigenvalue weighted by molar-refractivity contribution is -0.129. The van der Waals surface area contributed by atoms with Crippen molar-refractivity contribution in [2.75, 3.05) is 12.3 Å². The quantitative estimate of drug-likeness (QED) is 0.549. The van der Waals surface area contributed by atoms with E-state index < -0.39 is 6.04 Å². The first kappa shape index (κ1) is 21.6. The Hall–Kier alpha value is -2.64. The van der Waals surface area contributed by atoms with Gasteiger partial charge in [-0.05, 0) is 68.3 Å². The molecule has 1 aromatic carbocycles. The lowest BCUT2D eigenvalue weighted by Gasteiger charge is -2.20. The van der Waals surface area contributed by atoms with E-state index in [2.05, 4.69) is 20.9 Å². The van der Waals surface area contributed by atoms with E-state index >= 15 is 0 Å². The standard InChI is InChI=1S/C23H28ClN5O2/c1-13(22(30)29-19-8-7-18-16(19)6-9-21(25)28-18)27-23(31)20-11-14(12-26-20)10-15-4-2-3-5-17(15)24/h2-6,9,13-14,19-20,26H,7-8,10-12H2,1H3,(H2,25,28)(H,27,31)(H,29,30)/t13-,14-,19+,20+/m0/s1. The number of amides is 2. The number of benzene rings is 1. The van der Waals surface area contributed by atoms with Crippen molar-refractivity contribution in [3.63, 3.8) is 0 Å². The molecule has 4 atom stereocenters. The number of nitrogens with two attached hydrogens (primary N) is 1. The van der Waals surface area contributed by atoms with Crippen LogP contribution in [0, 0.1) is 5.92 Å². The number of fused-ring (bicyclic) bond motifs is 1. The predicted molar refractivity (Wildman–Crippen MR) is 121 cm³/mol. The third kappa shape index (κ3) is 4.99. The number of halogens is 1. The molecule has 2 aromatic rings. The van der Waals surface area contributed by atoms with E-state index in [1.165, 1.54) is 0 Å². The first-order chi connectivity index (χ1) is 14.9. The number of carbonyl (C=O) groups is 2. The molecule has 0 bridgehead atoms. The molecule has 7 nitrogen and oxygen atoms in total. The van der Waals surface area contributed by atoms with E-state index in [4.69, 9.17) is 17.3 Å². The van der Waals surface area contributed by atoms with Gasteiger partial charge in [-0.15, -0.1) is 0 Å². The Morgan fingerprint density at radius 2 is 2.10 bits per heavy atom. The minimum absolute atomic E-state index is 0.0976. The van der Waals surface area contributed by atoms with Gasteiger partial charge in [-0.2, -0.15) is 0 Å². The van der Waals surface area contributed by atoms with Gasteiger partial charge in [0.2, 0.25) is 11.8 Å². The Labute approximate surface area is 187 Å². The van der Waals surface area contributed by atoms with Crippen molar-refractivity contribution in [3.05, 3.63) is 58.2 Å². The highest BCUT2D eigenvalue weighted by Crippen LogP contribution is 2.30. The SMILES string of the molecule is C[C@H](NC(=O)[C@H]1C[C@H](Cc2ccccc2Cl)CN1)C(=O)N[C@@H]1CCc2nc(N)ccc21. The van der Waals surface area contributed by atoms with Gasteiger partial charge in [-0.1, -0.05) is 35.9 Å². The van der Waals surface area contributed by atoms with E-state index in [1.807, 2.05) is 30.3 Å². The van der Waals surface area contributed by atoms with Crippen LogP contribution in [0.2, 0.25) is 5.02 Å². The monoisotopic (exact) mass is 441 g/mol. The van der Waals surface area contributed by atoms with E-state index in [0.29, 0.717) is 18.2 Å². The van der Waals surface area contributed by atoms with Crippen molar-refractivity contribution in [2.24, 2.45) is 5.92 Å². The van der Waals surface area contributed by atoms with Gasteiger partial charge >= 0.3 is 0 Å². The summed E-state index contributed by atoms with van der Waals surface area (Å²) in [4.78, 5) is 29.7. The molecule has 8 heteroatoms. The second-order valence-electron chi connectivity index (χ2n) is 8.46. The summed E-state index contributed by atoms with van der Waals surface area (Å²) in [6.45, 7) is 2.46. The molecule has 2 heterocycles. The fourth-order valence-corrected chi connectivity index (χ4v) is 4.66. The van der Waals surface area contributed by atoms with Crippen molar-refractivity contribution in [2.45, 2.75) is 50.7 Å². The molecule has 164 valence electrons. The normalized spacial score (nSPS) is 23.2. The molecule has 1 fully saturated rings. The van der Waals surface area contributed by atoms with Crippen LogP contribution in [0.25, 0.3) is 0 Å². The molecule has 2 aliphatic rings. The molecular formula is C23H28ClN5O2. The molecule has 5 N–H and O–H groups in total. The highest BCUT2D eigenvalue weighted by atomic mass is 35.5. The van der Waals surface area contributed by atoms with Gasteiger partial charge in [0, 0.05) is 10.7 Å². The number of aromatic nitrogens is 1. The number of anilines is 1. The molecule has 0 saturated carbocycles. The van der Waals surface area contributed by atoms with Crippen molar-refractivity contribution in [1.29, 1.82) is 0 Å². The van der Waals surface area contributed by atoms with Gasteiger partial charge in [-0.3, -0.25) is 9.59 Å². The zero-order valence-corrected chi connectivity index (χ0v) is 18.3. The second-order valence-corrected chi connectivity index (χ2v) is 8.87. The smallest absolute Gasteiger partial charge is 0.242 e. The van der Waals surface area contributed by atoms with Crippen LogP contribution >= 0.6 is 11.6 Å². The number of carbonyl (C=O) groups excluding carboxylic acids is 2. The van der Waals surface area contributed by atoms with Crippen LogP contribution in [0.15, 0.2) is 36.4 Å². The van der Waals surface area contributed by atoms with E-state index in [-0.39, 0.29) is 23.9 Å². The van der Waals surface area contributed by atoms with E-state index in [9.17, 15) is 9.59 Å². The molecule has 0 spiro atoms. The van der Waals surface area contributed by atoms with Crippen molar-refractivity contribution in [3.8, 4) is 0 Å².